The predicted octanol–water partition coefficient (Wildman–Crippen LogP) is 0.380. The van der Waals surface area contributed by atoms with E-state index in [4.69, 9.17) is 0 Å². The van der Waals surface area contributed by atoms with Gasteiger partial charge in [0.2, 0.25) is 11.8 Å². The molecule has 1 fully saturated rings. The molecule has 114 valence electrons. The SMILES string of the molecule is CC(=O)N1C[C@H](O)C[C@@H]1C(=O)NC(C)c1cncc(F)c1. The number of aliphatic hydroxyl groups is 1. The molecule has 2 amide bonds. The number of β-amino-alcohol motifs (C(OH)–C–C–N with tert-alkyl or cyclic N) is 1. The zero-order valence-corrected chi connectivity index (χ0v) is 11.9. The van der Waals surface area contributed by atoms with E-state index in [-0.39, 0.29) is 24.8 Å². The number of amides is 2. The lowest BCUT2D eigenvalue weighted by molar-refractivity contribution is -0.137. The van der Waals surface area contributed by atoms with Gasteiger partial charge in [0.05, 0.1) is 18.3 Å². The minimum absolute atomic E-state index is 0.156. The van der Waals surface area contributed by atoms with Crippen LogP contribution >= 0.6 is 0 Å². The van der Waals surface area contributed by atoms with Crippen molar-refractivity contribution < 1.29 is 19.1 Å². The molecule has 3 atom stereocenters. The molecule has 21 heavy (non-hydrogen) atoms. The van der Waals surface area contributed by atoms with Crippen molar-refractivity contribution in [2.24, 2.45) is 0 Å². The van der Waals surface area contributed by atoms with Crippen LogP contribution in [-0.4, -0.2) is 45.5 Å². The molecular formula is C14H18FN3O3. The molecule has 0 saturated carbocycles. The lowest BCUT2D eigenvalue weighted by Crippen LogP contribution is -2.45. The molecule has 2 rings (SSSR count). The Hall–Kier alpha value is -2.02. The molecule has 1 aromatic heterocycles. The molecule has 2 heterocycles. The van der Waals surface area contributed by atoms with Crippen LogP contribution in [0.15, 0.2) is 18.5 Å². The average molecular weight is 295 g/mol. The van der Waals surface area contributed by atoms with Gasteiger partial charge in [-0.25, -0.2) is 4.39 Å². The number of hydrogen-bond acceptors (Lipinski definition) is 4. The summed E-state index contributed by atoms with van der Waals surface area (Å²) in [5.41, 5.74) is 0.538. The minimum atomic E-state index is -0.698. The fraction of sp³-hybridized carbons (Fsp3) is 0.500. The third-order valence-corrected chi connectivity index (χ3v) is 3.57. The van der Waals surface area contributed by atoms with E-state index in [2.05, 4.69) is 10.3 Å². The first-order chi connectivity index (χ1) is 9.88. The van der Waals surface area contributed by atoms with Crippen LogP contribution in [0.5, 0.6) is 0 Å². The van der Waals surface area contributed by atoms with Crippen LogP contribution in [0.1, 0.15) is 31.9 Å². The van der Waals surface area contributed by atoms with Crippen LogP contribution in [0.3, 0.4) is 0 Å². The lowest BCUT2D eigenvalue weighted by atomic mass is 10.1. The third-order valence-electron chi connectivity index (χ3n) is 3.57. The zero-order valence-electron chi connectivity index (χ0n) is 11.9. The van der Waals surface area contributed by atoms with Gasteiger partial charge < -0.3 is 15.3 Å². The highest BCUT2D eigenvalue weighted by molar-refractivity contribution is 5.87. The Morgan fingerprint density at radius 2 is 2.24 bits per heavy atom. The maximum Gasteiger partial charge on any atom is 0.243 e. The molecular weight excluding hydrogens is 277 g/mol. The summed E-state index contributed by atoms with van der Waals surface area (Å²) in [5, 5.41) is 12.3. The first-order valence-electron chi connectivity index (χ1n) is 6.74. The highest BCUT2D eigenvalue weighted by Crippen LogP contribution is 2.20. The Bertz CT molecular complexity index is 552. The quantitative estimate of drug-likeness (QED) is 0.844. The summed E-state index contributed by atoms with van der Waals surface area (Å²) in [6.07, 6.45) is 2.07. The summed E-state index contributed by atoms with van der Waals surface area (Å²) in [4.78, 5) is 28.8. The Morgan fingerprint density at radius 1 is 1.52 bits per heavy atom. The zero-order chi connectivity index (χ0) is 15.6. The van der Waals surface area contributed by atoms with E-state index in [1.807, 2.05) is 0 Å². The molecule has 1 unspecified atom stereocenters. The van der Waals surface area contributed by atoms with Crippen LogP contribution in [0.25, 0.3) is 0 Å². The Morgan fingerprint density at radius 3 is 2.86 bits per heavy atom. The summed E-state index contributed by atoms with van der Waals surface area (Å²) in [7, 11) is 0. The smallest absolute Gasteiger partial charge is 0.243 e. The summed E-state index contributed by atoms with van der Waals surface area (Å²) < 4.78 is 13.1. The van der Waals surface area contributed by atoms with Crippen molar-refractivity contribution in [2.45, 2.75) is 38.5 Å². The maximum absolute atomic E-state index is 13.1. The lowest BCUT2D eigenvalue weighted by Gasteiger charge is -2.24. The number of hydrogen-bond donors (Lipinski definition) is 2. The van der Waals surface area contributed by atoms with Gasteiger partial charge in [-0.15, -0.1) is 0 Å². The van der Waals surface area contributed by atoms with Crippen molar-refractivity contribution in [2.75, 3.05) is 6.54 Å². The molecule has 0 radical (unpaired) electrons. The molecule has 0 bridgehead atoms. The second kappa shape index (κ2) is 6.17. The molecule has 6 nitrogen and oxygen atoms in total. The maximum atomic E-state index is 13.1. The number of nitrogens with one attached hydrogen (secondary N) is 1. The number of aliphatic hydroxyl groups excluding tert-OH is 1. The van der Waals surface area contributed by atoms with E-state index in [1.54, 1.807) is 6.92 Å². The van der Waals surface area contributed by atoms with E-state index in [0.29, 0.717) is 5.56 Å². The number of likely N-dealkylation sites (tertiary alicyclic amines) is 1. The first-order valence-corrected chi connectivity index (χ1v) is 6.74. The fourth-order valence-electron chi connectivity index (χ4n) is 2.47. The van der Waals surface area contributed by atoms with Crippen LogP contribution in [0, 0.1) is 5.82 Å². The monoisotopic (exact) mass is 295 g/mol. The fourth-order valence-corrected chi connectivity index (χ4v) is 2.47. The van der Waals surface area contributed by atoms with Crippen molar-refractivity contribution >= 4 is 11.8 Å². The standard InChI is InChI=1S/C14H18FN3O3/c1-8(10-3-11(15)6-16-5-10)17-14(21)13-4-12(20)7-18(13)9(2)19/h3,5-6,8,12-13,20H,4,7H2,1-2H3,(H,17,21)/t8?,12-,13-/m1/s1. The van der Waals surface area contributed by atoms with Crippen LogP contribution < -0.4 is 5.32 Å². The second-order valence-corrected chi connectivity index (χ2v) is 5.24. The van der Waals surface area contributed by atoms with Crippen molar-refractivity contribution in [1.82, 2.24) is 15.2 Å². The van der Waals surface area contributed by atoms with Gasteiger partial charge in [-0.3, -0.25) is 14.6 Å². The van der Waals surface area contributed by atoms with Crippen LogP contribution in [0.4, 0.5) is 4.39 Å². The molecule has 1 aliphatic heterocycles. The van der Waals surface area contributed by atoms with Crippen molar-refractivity contribution in [1.29, 1.82) is 0 Å². The van der Waals surface area contributed by atoms with Gasteiger partial charge in [0.15, 0.2) is 0 Å². The number of carbonyl (C=O) groups excluding carboxylic acids is 2. The molecule has 7 heteroatoms. The Labute approximate surface area is 122 Å². The number of rotatable bonds is 3. The van der Waals surface area contributed by atoms with E-state index in [9.17, 15) is 19.1 Å². The second-order valence-electron chi connectivity index (χ2n) is 5.24. The third kappa shape index (κ3) is 3.55. The van der Waals surface area contributed by atoms with Crippen LogP contribution in [0.2, 0.25) is 0 Å². The van der Waals surface area contributed by atoms with Gasteiger partial charge in [-0.1, -0.05) is 0 Å². The first kappa shape index (κ1) is 15.4. The molecule has 0 spiro atoms. The van der Waals surface area contributed by atoms with Gasteiger partial charge >= 0.3 is 0 Å². The van der Waals surface area contributed by atoms with E-state index >= 15 is 0 Å². The van der Waals surface area contributed by atoms with Gasteiger partial charge in [-0.05, 0) is 18.6 Å². The topological polar surface area (TPSA) is 82.5 Å². The highest BCUT2D eigenvalue weighted by Gasteiger charge is 2.37. The van der Waals surface area contributed by atoms with Crippen LogP contribution in [-0.2, 0) is 9.59 Å². The number of aromatic nitrogens is 1. The molecule has 1 aromatic rings. The van der Waals surface area contributed by atoms with Crippen molar-refractivity contribution in [3.8, 4) is 0 Å². The Kier molecular flexibility index (Phi) is 4.52. The summed E-state index contributed by atoms with van der Waals surface area (Å²) in [6.45, 7) is 3.22. The van der Waals surface area contributed by atoms with Gasteiger partial charge in [0.25, 0.3) is 0 Å². The minimum Gasteiger partial charge on any atom is -0.391 e. The van der Waals surface area contributed by atoms with E-state index in [0.717, 1.165) is 6.20 Å². The molecule has 1 aliphatic rings. The van der Waals surface area contributed by atoms with E-state index < -0.39 is 24.0 Å². The predicted molar refractivity (Wildman–Crippen MR) is 72.6 cm³/mol. The number of halogens is 1. The molecule has 0 aromatic carbocycles. The molecule has 1 saturated heterocycles. The van der Waals surface area contributed by atoms with Crippen molar-refractivity contribution in [3.05, 3.63) is 29.8 Å². The Balaban J connectivity index is 2.05. The largest absolute Gasteiger partial charge is 0.391 e. The highest BCUT2D eigenvalue weighted by atomic mass is 19.1. The number of nitrogens with zero attached hydrogens (tertiary/aromatic N) is 2. The molecule has 2 N–H and O–H groups in total. The summed E-state index contributed by atoms with van der Waals surface area (Å²) >= 11 is 0. The average Bonchev–Trinajstić information content (AvgIpc) is 2.81. The van der Waals surface area contributed by atoms with E-state index in [1.165, 1.54) is 24.1 Å². The molecule has 0 aliphatic carbocycles. The normalized spacial score (nSPS) is 23.0. The summed E-state index contributed by atoms with van der Waals surface area (Å²) in [6, 6.07) is 0.165. The van der Waals surface area contributed by atoms with Gasteiger partial charge in [0, 0.05) is 26.1 Å². The van der Waals surface area contributed by atoms with Gasteiger partial charge in [0.1, 0.15) is 11.9 Å². The number of pyridine rings is 1. The van der Waals surface area contributed by atoms with Gasteiger partial charge in [-0.2, -0.15) is 0 Å². The number of carbonyl (C=O) groups is 2. The summed E-state index contributed by atoms with van der Waals surface area (Å²) in [5.74, 6) is -1.10. The van der Waals surface area contributed by atoms with Crippen molar-refractivity contribution in [3.63, 3.8) is 0 Å².